The summed E-state index contributed by atoms with van der Waals surface area (Å²) >= 11 is 2.81. The number of carbonyl (C=O) groups excluding carboxylic acids is 1. The molecule has 8 nitrogen and oxygen atoms in total. The summed E-state index contributed by atoms with van der Waals surface area (Å²) < 4.78 is 16.1. The molecule has 0 bridgehead atoms. The van der Waals surface area contributed by atoms with Crippen molar-refractivity contribution in [2.75, 3.05) is 21.3 Å². The van der Waals surface area contributed by atoms with Crippen molar-refractivity contribution in [3.63, 3.8) is 0 Å². The van der Waals surface area contributed by atoms with E-state index in [0.717, 1.165) is 4.88 Å². The number of benzene rings is 1. The fourth-order valence-electron chi connectivity index (χ4n) is 2.89. The average Bonchev–Trinajstić information content (AvgIpc) is 3.40. The lowest BCUT2D eigenvalue weighted by atomic mass is 10.1. The molecule has 1 N–H and O–H groups in total. The van der Waals surface area contributed by atoms with E-state index in [1.54, 1.807) is 18.2 Å². The molecule has 2 aliphatic rings. The van der Waals surface area contributed by atoms with Crippen LogP contribution in [0.1, 0.15) is 10.4 Å². The standard InChI is InChI=1S/C19H16N4O4S2/c1-25-12-7-6-10(14(26-2)15(12)27-3)9-11-16(20)23-19(21-17(11)24)29-18(22-23)13-5-4-8-28-13/h4-9,20H,1-3H3. The number of fused-ring (bicyclic) bond motifs is 1. The van der Waals surface area contributed by atoms with E-state index in [-0.39, 0.29) is 11.4 Å². The number of amides is 1. The summed E-state index contributed by atoms with van der Waals surface area (Å²) in [6.45, 7) is 0. The van der Waals surface area contributed by atoms with Crippen molar-refractivity contribution >= 4 is 51.1 Å². The molecule has 0 radical (unpaired) electrons. The van der Waals surface area contributed by atoms with Crippen molar-refractivity contribution in [1.29, 1.82) is 5.41 Å². The Bertz CT molecular complexity index is 1090. The fraction of sp³-hybridized carbons (Fsp3) is 0.158. The molecule has 0 fully saturated rings. The second-order valence-electron chi connectivity index (χ2n) is 5.83. The Morgan fingerprint density at radius 3 is 2.55 bits per heavy atom. The van der Waals surface area contributed by atoms with Gasteiger partial charge in [0.25, 0.3) is 5.91 Å². The van der Waals surface area contributed by atoms with Crippen molar-refractivity contribution in [3.8, 4) is 17.2 Å². The third-order valence-corrected chi connectivity index (χ3v) is 6.17. The molecular weight excluding hydrogens is 412 g/mol. The van der Waals surface area contributed by atoms with E-state index in [1.807, 2.05) is 17.5 Å². The number of nitrogens with one attached hydrogen (secondary N) is 1. The summed E-state index contributed by atoms with van der Waals surface area (Å²) in [5.74, 6) is 0.744. The third-order valence-electron chi connectivity index (χ3n) is 4.22. The number of methoxy groups -OCH3 is 3. The molecule has 2 aliphatic heterocycles. The first-order valence-corrected chi connectivity index (χ1v) is 10.1. The molecule has 3 heterocycles. The smallest absolute Gasteiger partial charge is 0.283 e. The maximum Gasteiger partial charge on any atom is 0.283 e. The summed E-state index contributed by atoms with van der Waals surface area (Å²) in [4.78, 5) is 17.7. The lowest BCUT2D eigenvalue weighted by Gasteiger charge is -2.20. The number of thiophene rings is 1. The molecule has 0 atom stereocenters. The predicted octanol–water partition coefficient (Wildman–Crippen LogP) is 3.44. The largest absolute Gasteiger partial charge is 0.493 e. The van der Waals surface area contributed by atoms with Gasteiger partial charge in [-0.2, -0.15) is 15.1 Å². The monoisotopic (exact) mass is 428 g/mol. The van der Waals surface area contributed by atoms with E-state index in [1.165, 1.54) is 49.4 Å². The Labute approximate surface area is 175 Å². The van der Waals surface area contributed by atoms with Gasteiger partial charge >= 0.3 is 0 Å². The Morgan fingerprint density at radius 2 is 1.90 bits per heavy atom. The van der Waals surface area contributed by atoms with E-state index < -0.39 is 5.91 Å². The normalized spacial score (nSPS) is 17.2. The van der Waals surface area contributed by atoms with Crippen LogP contribution in [0, 0.1) is 5.41 Å². The first kappa shape index (κ1) is 19.2. The zero-order valence-corrected chi connectivity index (χ0v) is 17.4. The van der Waals surface area contributed by atoms with Gasteiger partial charge in [-0.05, 0) is 41.4 Å². The number of amidine groups is 2. The van der Waals surface area contributed by atoms with Crippen LogP contribution in [0.15, 0.2) is 45.3 Å². The van der Waals surface area contributed by atoms with E-state index >= 15 is 0 Å². The zero-order chi connectivity index (χ0) is 20.5. The van der Waals surface area contributed by atoms with Gasteiger partial charge in [-0.25, -0.2) is 0 Å². The van der Waals surface area contributed by atoms with Gasteiger partial charge in [0.2, 0.25) is 10.9 Å². The Morgan fingerprint density at radius 1 is 1.10 bits per heavy atom. The van der Waals surface area contributed by atoms with Crippen LogP contribution >= 0.6 is 23.1 Å². The number of ether oxygens (including phenoxy) is 3. The number of thioether (sulfide) groups is 1. The summed E-state index contributed by atoms with van der Waals surface area (Å²) in [5.41, 5.74) is 0.669. The Hall–Kier alpha value is -3.11. The molecule has 0 aliphatic carbocycles. The molecule has 0 unspecified atom stereocenters. The highest BCUT2D eigenvalue weighted by molar-refractivity contribution is 8.27. The van der Waals surface area contributed by atoms with Crippen LogP contribution in [-0.2, 0) is 4.79 Å². The van der Waals surface area contributed by atoms with E-state index in [9.17, 15) is 4.79 Å². The van der Waals surface area contributed by atoms with Crippen LogP contribution < -0.4 is 14.2 Å². The molecular formula is C19H16N4O4S2. The summed E-state index contributed by atoms with van der Waals surface area (Å²) in [5, 5.41) is 17.4. The molecule has 0 saturated heterocycles. The zero-order valence-electron chi connectivity index (χ0n) is 15.8. The highest BCUT2D eigenvalue weighted by atomic mass is 32.2. The van der Waals surface area contributed by atoms with Gasteiger partial charge in [-0.1, -0.05) is 6.07 Å². The maximum absolute atomic E-state index is 12.6. The van der Waals surface area contributed by atoms with Gasteiger partial charge in [-0.3, -0.25) is 10.2 Å². The van der Waals surface area contributed by atoms with Crippen LogP contribution in [0.3, 0.4) is 0 Å². The molecule has 29 heavy (non-hydrogen) atoms. The summed E-state index contributed by atoms with van der Waals surface area (Å²) in [6, 6.07) is 7.30. The second kappa shape index (κ2) is 7.72. The minimum absolute atomic E-state index is 0.0455. The Balaban J connectivity index is 1.75. The molecule has 148 valence electrons. The predicted molar refractivity (Wildman–Crippen MR) is 115 cm³/mol. The lowest BCUT2D eigenvalue weighted by Crippen LogP contribution is -2.35. The van der Waals surface area contributed by atoms with Gasteiger partial charge in [0.1, 0.15) is 5.04 Å². The van der Waals surface area contributed by atoms with Crippen molar-refractivity contribution in [2.45, 2.75) is 0 Å². The van der Waals surface area contributed by atoms with Crippen LogP contribution in [-0.4, -0.2) is 48.3 Å². The minimum atomic E-state index is -0.506. The highest BCUT2D eigenvalue weighted by Gasteiger charge is 2.36. The van der Waals surface area contributed by atoms with Gasteiger partial charge in [-0.15, -0.1) is 11.3 Å². The van der Waals surface area contributed by atoms with Crippen molar-refractivity contribution in [3.05, 3.63) is 45.7 Å². The molecule has 1 aromatic carbocycles. The van der Waals surface area contributed by atoms with Gasteiger partial charge in [0.15, 0.2) is 17.3 Å². The number of carbonyl (C=O) groups is 1. The van der Waals surface area contributed by atoms with Gasteiger partial charge < -0.3 is 14.2 Å². The van der Waals surface area contributed by atoms with Crippen LogP contribution in [0.5, 0.6) is 17.2 Å². The quantitative estimate of drug-likeness (QED) is 0.733. The summed E-state index contributed by atoms with van der Waals surface area (Å²) in [6.07, 6.45) is 1.55. The van der Waals surface area contributed by atoms with Crippen LogP contribution in [0.2, 0.25) is 0 Å². The van der Waals surface area contributed by atoms with Crippen molar-refractivity contribution < 1.29 is 19.0 Å². The third kappa shape index (κ3) is 3.30. The van der Waals surface area contributed by atoms with Crippen LogP contribution in [0.4, 0.5) is 0 Å². The van der Waals surface area contributed by atoms with Crippen LogP contribution in [0.25, 0.3) is 6.08 Å². The van der Waals surface area contributed by atoms with E-state index in [0.29, 0.717) is 33.0 Å². The molecule has 2 aromatic rings. The van der Waals surface area contributed by atoms with Gasteiger partial charge in [0.05, 0.1) is 31.8 Å². The average molecular weight is 428 g/mol. The first-order chi connectivity index (χ1) is 14.1. The SMILES string of the molecule is COc1ccc(C=C2C(=N)N3N=C(c4cccs4)SC3=NC2=O)c(OC)c1OC. The maximum atomic E-state index is 12.6. The summed E-state index contributed by atoms with van der Waals surface area (Å²) in [7, 11) is 4.53. The number of hydrogen-bond donors (Lipinski definition) is 1. The number of aliphatic imine (C=N–C) groups is 1. The van der Waals surface area contributed by atoms with E-state index in [2.05, 4.69) is 10.1 Å². The van der Waals surface area contributed by atoms with Crippen molar-refractivity contribution in [2.24, 2.45) is 10.1 Å². The molecule has 1 amide bonds. The minimum Gasteiger partial charge on any atom is -0.493 e. The number of hydrazone groups is 1. The van der Waals surface area contributed by atoms with Gasteiger partial charge in [0, 0.05) is 5.56 Å². The van der Waals surface area contributed by atoms with Crippen molar-refractivity contribution in [1.82, 2.24) is 5.01 Å². The Kier molecular flexibility index (Phi) is 5.12. The molecule has 0 saturated carbocycles. The number of hydrogen-bond acceptors (Lipinski definition) is 8. The number of rotatable bonds is 5. The molecule has 4 rings (SSSR count). The lowest BCUT2D eigenvalue weighted by molar-refractivity contribution is -0.114. The molecule has 10 heteroatoms. The molecule has 0 spiro atoms. The fourth-order valence-corrected chi connectivity index (χ4v) is 4.57. The number of nitrogens with zero attached hydrogens (tertiary/aromatic N) is 3. The first-order valence-electron chi connectivity index (χ1n) is 8.40. The topological polar surface area (TPSA) is 96.6 Å². The molecule has 1 aromatic heterocycles. The van der Waals surface area contributed by atoms with E-state index in [4.69, 9.17) is 19.6 Å². The second-order valence-corrected chi connectivity index (χ2v) is 7.73. The highest BCUT2D eigenvalue weighted by Crippen LogP contribution is 2.41.